The van der Waals surface area contributed by atoms with Gasteiger partial charge >= 0.3 is 5.97 Å². The van der Waals surface area contributed by atoms with E-state index in [1.807, 2.05) is 6.07 Å². The van der Waals surface area contributed by atoms with E-state index in [2.05, 4.69) is 4.98 Å². The predicted octanol–water partition coefficient (Wildman–Crippen LogP) is 4.25. The number of hydrogen-bond acceptors (Lipinski definition) is 4. The van der Waals surface area contributed by atoms with Crippen LogP contribution in [0.1, 0.15) is 23.2 Å². The molecule has 1 atom stereocenters. The van der Waals surface area contributed by atoms with Crippen molar-refractivity contribution in [2.75, 3.05) is 13.7 Å². The van der Waals surface area contributed by atoms with Crippen LogP contribution < -0.4 is 4.74 Å². The molecular formula is C24H21FN2O4. The van der Waals surface area contributed by atoms with Crippen molar-refractivity contribution in [1.82, 2.24) is 9.88 Å². The summed E-state index contributed by atoms with van der Waals surface area (Å²) in [7, 11) is 1.51. The van der Waals surface area contributed by atoms with Gasteiger partial charge in [-0.2, -0.15) is 0 Å². The fourth-order valence-corrected chi connectivity index (χ4v) is 4.01. The molecule has 158 valence electrons. The van der Waals surface area contributed by atoms with Gasteiger partial charge in [0.25, 0.3) is 5.91 Å². The molecule has 3 aromatic rings. The first-order valence-corrected chi connectivity index (χ1v) is 9.93. The zero-order valence-corrected chi connectivity index (χ0v) is 16.9. The number of aliphatic carboxylic acids is 1. The second-order valence-electron chi connectivity index (χ2n) is 7.30. The average molecular weight is 420 g/mol. The second-order valence-corrected chi connectivity index (χ2v) is 7.30. The third-order valence-electron chi connectivity index (χ3n) is 5.48. The number of likely N-dealkylation sites (tertiary alicyclic amines) is 1. The molecule has 31 heavy (non-hydrogen) atoms. The van der Waals surface area contributed by atoms with E-state index < -0.39 is 17.8 Å². The van der Waals surface area contributed by atoms with Gasteiger partial charge in [0, 0.05) is 29.4 Å². The van der Waals surface area contributed by atoms with Crippen LogP contribution in [0.4, 0.5) is 4.39 Å². The molecule has 1 unspecified atom stereocenters. The van der Waals surface area contributed by atoms with Gasteiger partial charge < -0.3 is 14.7 Å². The maximum atomic E-state index is 14.7. The lowest BCUT2D eigenvalue weighted by Gasteiger charge is -2.22. The second kappa shape index (κ2) is 8.55. The molecule has 1 N–H and O–H groups in total. The minimum Gasteiger partial charge on any atom is -0.481 e. The molecule has 2 aromatic carbocycles. The molecule has 0 saturated carbocycles. The maximum Gasteiger partial charge on any atom is 0.326 e. The molecular weight excluding hydrogens is 399 g/mol. The Kier molecular flexibility index (Phi) is 5.66. The topological polar surface area (TPSA) is 79.7 Å². The normalized spacial score (nSPS) is 15.7. The van der Waals surface area contributed by atoms with Crippen LogP contribution >= 0.6 is 0 Å². The molecule has 1 saturated heterocycles. The van der Waals surface area contributed by atoms with Crippen molar-refractivity contribution in [3.05, 3.63) is 72.2 Å². The minimum absolute atomic E-state index is 0.304. The van der Waals surface area contributed by atoms with Crippen LogP contribution in [0.3, 0.4) is 0 Å². The SMILES string of the molecule is COc1ncccc1-c1ccc(C(=O)N2CCCC2C(=O)O)cc1-c1ccccc1F. The Hall–Kier alpha value is -3.74. The number of carboxylic acids is 1. The van der Waals surface area contributed by atoms with E-state index in [-0.39, 0.29) is 5.91 Å². The van der Waals surface area contributed by atoms with E-state index in [1.165, 1.54) is 18.1 Å². The molecule has 4 rings (SSSR count). The van der Waals surface area contributed by atoms with Gasteiger partial charge in [-0.3, -0.25) is 4.79 Å². The molecule has 6 nitrogen and oxygen atoms in total. The van der Waals surface area contributed by atoms with Crippen molar-refractivity contribution in [3.8, 4) is 28.1 Å². The lowest BCUT2D eigenvalue weighted by molar-refractivity contribution is -0.141. The van der Waals surface area contributed by atoms with Gasteiger partial charge in [-0.05, 0) is 54.3 Å². The number of benzene rings is 2. The molecule has 1 amide bonds. The number of nitrogens with zero attached hydrogens (tertiary/aromatic N) is 2. The van der Waals surface area contributed by atoms with Crippen molar-refractivity contribution < 1.29 is 23.8 Å². The third kappa shape index (κ3) is 3.86. The van der Waals surface area contributed by atoms with Gasteiger partial charge in [-0.25, -0.2) is 14.2 Å². The van der Waals surface area contributed by atoms with Gasteiger partial charge in [0.1, 0.15) is 11.9 Å². The molecule has 1 fully saturated rings. The highest BCUT2D eigenvalue weighted by atomic mass is 19.1. The molecule has 2 heterocycles. The molecule has 7 heteroatoms. The van der Waals surface area contributed by atoms with Crippen molar-refractivity contribution in [2.24, 2.45) is 0 Å². The smallest absolute Gasteiger partial charge is 0.326 e. The van der Waals surface area contributed by atoms with E-state index in [1.54, 1.807) is 48.7 Å². The quantitative estimate of drug-likeness (QED) is 0.667. The highest BCUT2D eigenvalue weighted by molar-refractivity contribution is 6.00. The Balaban J connectivity index is 1.86. The molecule has 0 bridgehead atoms. The number of carbonyl (C=O) groups is 2. The van der Waals surface area contributed by atoms with Gasteiger partial charge in [0.05, 0.1) is 7.11 Å². The number of pyridine rings is 1. The number of halogens is 1. The lowest BCUT2D eigenvalue weighted by Crippen LogP contribution is -2.40. The summed E-state index contributed by atoms with van der Waals surface area (Å²) in [5.74, 6) is -1.45. The number of aromatic nitrogens is 1. The van der Waals surface area contributed by atoms with Gasteiger partial charge in [-0.15, -0.1) is 0 Å². The number of methoxy groups -OCH3 is 1. The Morgan fingerprint density at radius 1 is 1.06 bits per heavy atom. The standard InChI is InChI=1S/C24H21FN2O4/c1-31-22-18(7-4-12-26-22)16-11-10-15(14-19(16)17-6-2-3-8-20(17)25)23(28)27-13-5-9-21(27)24(29)30/h2-4,6-8,10-12,14,21H,5,9,13H2,1H3,(H,29,30). The van der Waals surface area contributed by atoms with Crippen molar-refractivity contribution in [1.29, 1.82) is 0 Å². The van der Waals surface area contributed by atoms with Gasteiger partial charge in [0.15, 0.2) is 0 Å². The van der Waals surface area contributed by atoms with Crippen LogP contribution in [0.25, 0.3) is 22.3 Å². The summed E-state index contributed by atoms with van der Waals surface area (Å²) in [6.07, 6.45) is 2.66. The Bertz CT molecular complexity index is 1150. The molecule has 0 aliphatic carbocycles. The van der Waals surface area contributed by atoms with Gasteiger partial charge in [0.2, 0.25) is 5.88 Å². The van der Waals surface area contributed by atoms with Crippen LogP contribution in [0.5, 0.6) is 5.88 Å². The van der Waals surface area contributed by atoms with Crippen LogP contribution in [-0.2, 0) is 4.79 Å². The zero-order chi connectivity index (χ0) is 22.0. The molecule has 0 radical (unpaired) electrons. The van der Waals surface area contributed by atoms with E-state index in [4.69, 9.17) is 4.74 Å². The summed E-state index contributed by atoms with van der Waals surface area (Å²) >= 11 is 0. The Morgan fingerprint density at radius 3 is 2.58 bits per heavy atom. The van der Waals surface area contributed by atoms with Gasteiger partial charge in [-0.1, -0.05) is 24.3 Å². The summed E-state index contributed by atoms with van der Waals surface area (Å²) in [6, 6.07) is 14.0. The van der Waals surface area contributed by atoms with E-state index >= 15 is 0 Å². The molecule has 1 aromatic heterocycles. The van der Waals surface area contributed by atoms with Crippen LogP contribution in [-0.4, -0.2) is 46.6 Å². The van der Waals surface area contributed by atoms with Crippen LogP contribution in [0, 0.1) is 5.82 Å². The lowest BCUT2D eigenvalue weighted by atomic mass is 9.92. The molecule has 0 spiro atoms. The van der Waals surface area contributed by atoms with Crippen molar-refractivity contribution in [3.63, 3.8) is 0 Å². The van der Waals surface area contributed by atoms with E-state index in [9.17, 15) is 19.1 Å². The van der Waals surface area contributed by atoms with E-state index in [0.717, 1.165) is 0 Å². The van der Waals surface area contributed by atoms with Crippen LogP contribution in [0.2, 0.25) is 0 Å². The Labute approximate surface area is 178 Å². The molecule has 1 aliphatic heterocycles. The summed E-state index contributed by atoms with van der Waals surface area (Å²) in [5.41, 5.74) is 2.45. The summed E-state index contributed by atoms with van der Waals surface area (Å²) in [4.78, 5) is 30.3. The van der Waals surface area contributed by atoms with Crippen LogP contribution in [0.15, 0.2) is 60.8 Å². The third-order valence-corrected chi connectivity index (χ3v) is 5.48. The molecule has 1 aliphatic rings. The first kappa shape index (κ1) is 20.5. The van der Waals surface area contributed by atoms with E-state index in [0.29, 0.717) is 53.1 Å². The summed E-state index contributed by atoms with van der Waals surface area (Å²) < 4.78 is 20.1. The highest BCUT2D eigenvalue weighted by Crippen LogP contribution is 2.38. The largest absolute Gasteiger partial charge is 0.481 e. The van der Waals surface area contributed by atoms with Crippen molar-refractivity contribution >= 4 is 11.9 Å². The number of amides is 1. The predicted molar refractivity (Wildman–Crippen MR) is 113 cm³/mol. The fourth-order valence-electron chi connectivity index (χ4n) is 4.01. The number of ether oxygens (including phenoxy) is 1. The highest BCUT2D eigenvalue weighted by Gasteiger charge is 2.34. The first-order chi connectivity index (χ1) is 15.0. The Morgan fingerprint density at radius 2 is 1.84 bits per heavy atom. The van der Waals surface area contributed by atoms with Crippen molar-refractivity contribution in [2.45, 2.75) is 18.9 Å². The minimum atomic E-state index is -1.02. The number of carboxylic acid groups (broad SMARTS) is 1. The summed E-state index contributed by atoms with van der Waals surface area (Å²) in [5, 5.41) is 9.43. The number of carbonyl (C=O) groups excluding carboxylic acids is 1. The fraction of sp³-hybridized carbons (Fsp3) is 0.208. The number of rotatable bonds is 5. The summed E-state index contributed by atoms with van der Waals surface area (Å²) in [6.45, 7) is 0.378. The first-order valence-electron chi connectivity index (χ1n) is 9.93. The average Bonchev–Trinajstić information content (AvgIpc) is 3.29. The monoisotopic (exact) mass is 420 g/mol. The number of hydrogen-bond donors (Lipinski definition) is 1. The maximum absolute atomic E-state index is 14.7. The zero-order valence-electron chi connectivity index (χ0n) is 16.9.